The largest absolute Gasteiger partial charge is 0.228 e. The van der Waals surface area contributed by atoms with Crippen molar-refractivity contribution >= 4 is 11.8 Å². The van der Waals surface area contributed by atoms with Gasteiger partial charge in [-0.25, -0.2) is 9.07 Å². The van der Waals surface area contributed by atoms with E-state index in [1.54, 1.807) is 34.6 Å². The summed E-state index contributed by atoms with van der Waals surface area (Å²) in [5.74, 6) is -0.367. The van der Waals surface area contributed by atoms with Crippen molar-refractivity contribution in [3.05, 3.63) is 65.6 Å². The van der Waals surface area contributed by atoms with Crippen LogP contribution in [0.3, 0.4) is 0 Å². The maximum Gasteiger partial charge on any atom is 0.166 e. The molecule has 2 aromatic carbocycles. The van der Waals surface area contributed by atoms with Crippen molar-refractivity contribution in [1.29, 1.82) is 5.26 Å². The lowest BCUT2D eigenvalue weighted by Gasteiger charge is -2.10. The lowest BCUT2D eigenvalue weighted by molar-refractivity contribution is 0.611. The van der Waals surface area contributed by atoms with E-state index < -0.39 is 0 Å². The fraction of sp³-hybridized carbons (Fsp3) is 0.158. The Morgan fingerprint density at radius 1 is 1.17 bits per heavy atom. The third kappa shape index (κ3) is 2.81. The molecule has 0 unspecified atom stereocenters. The standard InChI is InChI=1S/C19H16FN3S/c1-3-15-17(12-21)22-23(18-7-5-4-6-16(18)20)19(15)13-8-10-14(24-2)11-9-13/h4-11H,3H2,1-2H3. The van der Waals surface area contributed by atoms with Gasteiger partial charge in [-0.15, -0.1) is 11.8 Å². The summed E-state index contributed by atoms with van der Waals surface area (Å²) >= 11 is 1.66. The van der Waals surface area contributed by atoms with E-state index in [9.17, 15) is 9.65 Å². The van der Waals surface area contributed by atoms with Gasteiger partial charge in [-0.1, -0.05) is 31.2 Å². The molecule has 0 saturated heterocycles. The second-order valence-corrected chi connectivity index (χ2v) is 6.11. The second-order valence-electron chi connectivity index (χ2n) is 5.23. The Morgan fingerprint density at radius 2 is 1.88 bits per heavy atom. The van der Waals surface area contributed by atoms with Crippen LogP contribution in [0, 0.1) is 17.1 Å². The van der Waals surface area contributed by atoms with Crippen LogP contribution in [0.2, 0.25) is 0 Å². The van der Waals surface area contributed by atoms with E-state index >= 15 is 0 Å². The molecular formula is C19H16FN3S. The molecule has 0 radical (unpaired) electrons. The summed E-state index contributed by atoms with van der Waals surface area (Å²) in [4.78, 5) is 1.15. The smallest absolute Gasteiger partial charge is 0.166 e. The van der Waals surface area contributed by atoms with Gasteiger partial charge in [0, 0.05) is 16.0 Å². The normalized spacial score (nSPS) is 10.6. The average molecular weight is 337 g/mol. The third-order valence-corrected chi connectivity index (χ3v) is 4.63. The first-order chi connectivity index (χ1) is 11.7. The van der Waals surface area contributed by atoms with Gasteiger partial charge in [0.05, 0.1) is 5.69 Å². The van der Waals surface area contributed by atoms with Crippen molar-refractivity contribution in [1.82, 2.24) is 9.78 Å². The molecule has 0 bridgehead atoms. The fourth-order valence-electron chi connectivity index (χ4n) is 2.72. The molecule has 0 fully saturated rings. The number of benzene rings is 2. The van der Waals surface area contributed by atoms with Crippen molar-refractivity contribution < 1.29 is 4.39 Å². The predicted octanol–water partition coefficient (Wildman–Crippen LogP) is 4.83. The zero-order valence-corrected chi connectivity index (χ0v) is 14.3. The first-order valence-electron chi connectivity index (χ1n) is 7.61. The van der Waals surface area contributed by atoms with E-state index in [-0.39, 0.29) is 5.82 Å². The molecular weight excluding hydrogens is 321 g/mol. The van der Waals surface area contributed by atoms with Gasteiger partial charge < -0.3 is 0 Å². The van der Waals surface area contributed by atoms with E-state index in [4.69, 9.17) is 0 Å². The summed E-state index contributed by atoms with van der Waals surface area (Å²) in [6, 6.07) is 16.6. The highest BCUT2D eigenvalue weighted by molar-refractivity contribution is 7.98. The van der Waals surface area contributed by atoms with Crippen LogP contribution in [0.4, 0.5) is 4.39 Å². The predicted molar refractivity (Wildman–Crippen MR) is 94.8 cm³/mol. The minimum Gasteiger partial charge on any atom is -0.228 e. The fourth-order valence-corrected chi connectivity index (χ4v) is 3.13. The van der Waals surface area contributed by atoms with Crippen LogP contribution in [0.1, 0.15) is 18.2 Å². The summed E-state index contributed by atoms with van der Waals surface area (Å²) in [6.45, 7) is 1.98. The lowest BCUT2D eigenvalue weighted by atomic mass is 10.0. The molecule has 120 valence electrons. The molecule has 24 heavy (non-hydrogen) atoms. The molecule has 1 heterocycles. The Morgan fingerprint density at radius 3 is 2.46 bits per heavy atom. The Kier molecular flexibility index (Phi) is 4.68. The second kappa shape index (κ2) is 6.90. The number of nitriles is 1. The van der Waals surface area contributed by atoms with Crippen LogP contribution in [0.15, 0.2) is 53.4 Å². The Balaban J connectivity index is 2.28. The summed E-state index contributed by atoms with van der Waals surface area (Å²) in [7, 11) is 0. The van der Waals surface area contributed by atoms with Gasteiger partial charge in [-0.3, -0.25) is 0 Å². The number of halogens is 1. The van der Waals surface area contributed by atoms with E-state index in [0.717, 1.165) is 21.7 Å². The number of thioether (sulfide) groups is 1. The minimum atomic E-state index is -0.367. The van der Waals surface area contributed by atoms with Gasteiger partial charge in [0.15, 0.2) is 5.69 Å². The van der Waals surface area contributed by atoms with Gasteiger partial charge in [0.2, 0.25) is 0 Å². The van der Waals surface area contributed by atoms with Crippen LogP contribution in [0.25, 0.3) is 16.9 Å². The molecule has 3 nitrogen and oxygen atoms in total. The summed E-state index contributed by atoms with van der Waals surface area (Å²) in [6.07, 6.45) is 2.67. The highest BCUT2D eigenvalue weighted by atomic mass is 32.2. The SMILES string of the molecule is CCc1c(C#N)nn(-c2ccccc2F)c1-c1ccc(SC)cc1. The Bertz CT molecular complexity index is 907. The van der Waals surface area contributed by atoms with E-state index in [2.05, 4.69) is 11.2 Å². The maximum absolute atomic E-state index is 14.3. The molecule has 0 spiro atoms. The molecule has 3 rings (SSSR count). The van der Waals surface area contributed by atoms with Crippen molar-refractivity contribution in [2.75, 3.05) is 6.26 Å². The number of hydrogen-bond acceptors (Lipinski definition) is 3. The average Bonchev–Trinajstić information content (AvgIpc) is 3.00. The zero-order chi connectivity index (χ0) is 17.1. The van der Waals surface area contributed by atoms with Crippen LogP contribution in [-0.4, -0.2) is 16.0 Å². The van der Waals surface area contributed by atoms with Gasteiger partial charge in [0.25, 0.3) is 0 Å². The van der Waals surface area contributed by atoms with Gasteiger partial charge in [-0.2, -0.15) is 10.4 Å². The molecule has 0 N–H and O–H groups in total. The number of para-hydroxylation sites is 1. The van der Waals surface area contributed by atoms with Crippen LogP contribution >= 0.6 is 11.8 Å². The molecule has 0 atom stereocenters. The molecule has 3 aromatic rings. The van der Waals surface area contributed by atoms with Crippen molar-refractivity contribution in [3.8, 4) is 23.0 Å². The molecule has 0 aliphatic rings. The van der Waals surface area contributed by atoms with E-state index in [0.29, 0.717) is 17.8 Å². The first-order valence-corrected chi connectivity index (χ1v) is 8.83. The molecule has 0 aliphatic heterocycles. The number of hydrogen-bond donors (Lipinski definition) is 0. The summed E-state index contributed by atoms with van der Waals surface area (Å²) in [5.41, 5.74) is 3.20. The Labute approximate surface area is 144 Å². The van der Waals surface area contributed by atoms with Crippen LogP contribution in [-0.2, 0) is 6.42 Å². The monoisotopic (exact) mass is 337 g/mol. The molecule has 1 aromatic heterocycles. The summed E-state index contributed by atoms with van der Waals surface area (Å²) < 4.78 is 15.8. The molecule has 0 amide bonds. The third-order valence-electron chi connectivity index (χ3n) is 3.89. The van der Waals surface area contributed by atoms with Crippen molar-refractivity contribution in [3.63, 3.8) is 0 Å². The van der Waals surface area contributed by atoms with Gasteiger partial charge in [-0.05, 0) is 36.9 Å². The van der Waals surface area contributed by atoms with Gasteiger partial charge >= 0.3 is 0 Å². The molecule has 0 saturated carbocycles. The van der Waals surface area contributed by atoms with Crippen molar-refractivity contribution in [2.45, 2.75) is 18.2 Å². The quantitative estimate of drug-likeness (QED) is 0.640. The number of rotatable bonds is 4. The zero-order valence-electron chi connectivity index (χ0n) is 13.5. The topological polar surface area (TPSA) is 41.6 Å². The minimum absolute atomic E-state index is 0.338. The number of nitrogens with zero attached hydrogens (tertiary/aromatic N) is 3. The molecule has 0 aliphatic carbocycles. The highest BCUT2D eigenvalue weighted by Gasteiger charge is 2.20. The van der Waals surface area contributed by atoms with Crippen LogP contribution < -0.4 is 0 Å². The van der Waals surface area contributed by atoms with Crippen LogP contribution in [0.5, 0.6) is 0 Å². The Hall–Kier alpha value is -2.58. The first kappa shape index (κ1) is 16.3. The maximum atomic E-state index is 14.3. The van der Waals surface area contributed by atoms with E-state index in [1.165, 1.54) is 6.07 Å². The van der Waals surface area contributed by atoms with E-state index in [1.807, 2.05) is 37.4 Å². The molecule has 5 heteroatoms. The highest BCUT2D eigenvalue weighted by Crippen LogP contribution is 2.31. The number of aromatic nitrogens is 2. The summed E-state index contributed by atoms with van der Waals surface area (Å²) in [5, 5.41) is 13.8. The van der Waals surface area contributed by atoms with Gasteiger partial charge in [0.1, 0.15) is 17.6 Å². The lowest BCUT2D eigenvalue weighted by Crippen LogP contribution is -2.02. The van der Waals surface area contributed by atoms with Crippen molar-refractivity contribution in [2.24, 2.45) is 0 Å².